The van der Waals surface area contributed by atoms with Crippen LogP contribution in [0, 0.1) is 22.7 Å². The van der Waals surface area contributed by atoms with Crippen molar-refractivity contribution >= 4 is 11.9 Å². The number of hydrogen-bond acceptors (Lipinski definition) is 8. The molecule has 0 bridgehead atoms. The zero-order valence-corrected chi connectivity index (χ0v) is 11.3. The standard InChI is InChI=1S/C12H16N4O4/c1-11(7-13,5-3-9(17)18)15-16-12(2,8-14)6-4-10(19)20/h3-6H2,1-2H3,(H,17,18)(H,19,20)/p-2/t11-,12+. The Balaban J connectivity index is 4.92. The summed E-state index contributed by atoms with van der Waals surface area (Å²) >= 11 is 0. The topological polar surface area (TPSA) is 153 Å². The number of rotatable bonds is 8. The fraction of sp³-hybridized carbons (Fsp3) is 0.667. The SMILES string of the molecule is C[C@](C#N)(CCC(=O)[O-])N=N[C@](C)(C#N)CCC(=O)[O-]. The second-order valence-electron chi connectivity index (χ2n) is 4.72. The number of carboxylic acids is 2. The van der Waals surface area contributed by atoms with Crippen LogP contribution in [0.1, 0.15) is 39.5 Å². The van der Waals surface area contributed by atoms with Gasteiger partial charge >= 0.3 is 0 Å². The lowest BCUT2D eigenvalue weighted by atomic mass is 9.97. The summed E-state index contributed by atoms with van der Waals surface area (Å²) < 4.78 is 0. The van der Waals surface area contributed by atoms with Gasteiger partial charge in [0.15, 0.2) is 11.1 Å². The van der Waals surface area contributed by atoms with E-state index in [2.05, 4.69) is 10.2 Å². The van der Waals surface area contributed by atoms with Crippen LogP contribution in [0.15, 0.2) is 10.2 Å². The van der Waals surface area contributed by atoms with Gasteiger partial charge in [0.05, 0.1) is 12.1 Å². The first-order chi connectivity index (χ1) is 9.16. The van der Waals surface area contributed by atoms with E-state index in [1.54, 1.807) is 12.1 Å². The van der Waals surface area contributed by atoms with Crippen molar-refractivity contribution in [1.29, 1.82) is 10.5 Å². The summed E-state index contributed by atoms with van der Waals surface area (Å²) in [6.07, 6.45) is -0.967. The first kappa shape index (κ1) is 17.5. The summed E-state index contributed by atoms with van der Waals surface area (Å²) in [4.78, 5) is 20.8. The molecule has 0 saturated carbocycles. The number of nitriles is 2. The van der Waals surface area contributed by atoms with Crippen LogP contribution in [0.5, 0.6) is 0 Å². The fourth-order valence-electron chi connectivity index (χ4n) is 1.17. The Bertz CT molecular complexity index is 447. The van der Waals surface area contributed by atoms with Crippen molar-refractivity contribution in [2.75, 3.05) is 0 Å². The summed E-state index contributed by atoms with van der Waals surface area (Å²) in [6, 6.07) is 3.61. The Morgan fingerprint density at radius 3 is 1.45 bits per heavy atom. The van der Waals surface area contributed by atoms with E-state index in [9.17, 15) is 19.8 Å². The van der Waals surface area contributed by atoms with E-state index < -0.39 is 23.0 Å². The van der Waals surface area contributed by atoms with Crippen LogP contribution in [-0.4, -0.2) is 23.0 Å². The molecular weight excluding hydrogens is 264 g/mol. The first-order valence-corrected chi connectivity index (χ1v) is 5.83. The van der Waals surface area contributed by atoms with Crippen molar-refractivity contribution < 1.29 is 19.8 Å². The highest BCUT2D eigenvalue weighted by atomic mass is 16.4. The molecule has 0 aromatic carbocycles. The summed E-state index contributed by atoms with van der Waals surface area (Å²) in [5.74, 6) is -2.64. The molecule has 0 fully saturated rings. The Hall–Kier alpha value is -2.48. The van der Waals surface area contributed by atoms with Gasteiger partial charge in [0.1, 0.15) is 0 Å². The van der Waals surface area contributed by atoms with Gasteiger partial charge in [-0.05, 0) is 39.5 Å². The van der Waals surface area contributed by atoms with E-state index in [0.717, 1.165) is 0 Å². The van der Waals surface area contributed by atoms with Crippen LogP contribution < -0.4 is 10.2 Å². The molecule has 0 aliphatic carbocycles. The summed E-state index contributed by atoms with van der Waals surface area (Å²) in [5, 5.41) is 46.1. The van der Waals surface area contributed by atoms with Crippen LogP contribution in [0.25, 0.3) is 0 Å². The Labute approximate surface area is 116 Å². The van der Waals surface area contributed by atoms with Gasteiger partial charge in [-0.2, -0.15) is 20.8 Å². The Morgan fingerprint density at radius 1 is 0.950 bits per heavy atom. The fourth-order valence-corrected chi connectivity index (χ4v) is 1.17. The Morgan fingerprint density at radius 2 is 1.25 bits per heavy atom. The quantitative estimate of drug-likeness (QED) is 0.522. The van der Waals surface area contributed by atoms with Gasteiger partial charge < -0.3 is 19.8 Å². The lowest BCUT2D eigenvalue weighted by molar-refractivity contribution is -0.307. The van der Waals surface area contributed by atoms with Crippen molar-refractivity contribution in [3.63, 3.8) is 0 Å². The van der Waals surface area contributed by atoms with E-state index in [0.29, 0.717) is 0 Å². The van der Waals surface area contributed by atoms with Gasteiger partial charge in [0.25, 0.3) is 0 Å². The molecule has 0 radical (unpaired) electrons. The van der Waals surface area contributed by atoms with Crippen molar-refractivity contribution in [2.24, 2.45) is 10.2 Å². The third-order valence-corrected chi connectivity index (χ3v) is 2.60. The van der Waals surface area contributed by atoms with Gasteiger partial charge in [-0.15, -0.1) is 0 Å². The molecule has 8 nitrogen and oxygen atoms in total. The molecule has 108 valence electrons. The molecule has 0 N–H and O–H groups in total. The molecule has 8 heteroatoms. The average molecular weight is 278 g/mol. The molecule has 0 aromatic rings. The molecule has 0 saturated heterocycles. The second kappa shape index (κ2) is 7.19. The van der Waals surface area contributed by atoms with E-state index in [1.165, 1.54) is 13.8 Å². The number of azo groups is 1. The molecule has 20 heavy (non-hydrogen) atoms. The van der Waals surface area contributed by atoms with E-state index in [4.69, 9.17) is 10.5 Å². The van der Waals surface area contributed by atoms with Gasteiger partial charge in [-0.25, -0.2) is 0 Å². The van der Waals surface area contributed by atoms with Crippen LogP contribution in [0.3, 0.4) is 0 Å². The van der Waals surface area contributed by atoms with Crippen LogP contribution >= 0.6 is 0 Å². The number of carbonyl (C=O) groups is 2. The molecule has 0 spiro atoms. The lowest BCUT2D eigenvalue weighted by Crippen LogP contribution is -2.29. The van der Waals surface area contributed by atoms with Crippen LogP contribution in [0.4, 0.5) is 0 Å². The highest BCUT2D eigenvalue weighted by Gasteiger charge is 2.28. The number of hydrogen-bond donors (Lipinski definition) is 0. The van der Waals surface area contributed by atoms with Crippen molar-refractivity contribution in [3.8, 4) is 12.1 Å². The van der Waals surface area contributed by atoms with Crippen LogP contribution in [-0.2, 0) is 9.59 Å². The first-order valence-electron chi connectivity index (χ1n) is 5.83. The lowest BCUT2D eigenvalue weighted by Gasteiger charge is -2.19. The third kappa shape index (κ3) is 6.45. The minimum Gasteiger partial charge on any atom is -0.550 e. The van der Waals surface area contributed by atoms with Gasteiger partial charge in [-0.3, -0.25) is 0 Å². The normalized spacial score (nSPS) is 16.6. The van der Waals surface area contributed by atoms with Crippen molar-refractivity contribution in [3.05, 3.63) is 0 Å². The van der Waals surface area contributed by atoms with E-state index in [-0.39, 0.29) is 25.7 Å². The van der Waals surface area contributed by atoms with Gasteiger partial charge in [0, 0.05) is 11.9 Å². The van der Waals surface area contributed by atoms with Crippen molar-refractivity contribution in [2.45, 2.75) is 50.6 Å². The number of nitrogens with zero attached hydrogens (tertiary/aromatic N) is 4. The van der Waals surface area contributed by atoms with E-state index in [1.807, 2.05) is 0 Å². The monoisotopic (exact) mass is 278 g/mol. The molecule has 2 atom stereocenters. The second-order valence-corrected chi connectivity index (χ2v) is 4.72. The highest BCUT2D eigenvalue weighted by Crippen LogP contribution is 2.23. The third-order valence-electron chi connectivity index (χ3n) is 2.60. The molecule has 0 unspecified atom stereocenters. The summed E-state index contributed by atoms with van der Waals surface area (Å²) in [7, 11) is 0. The number of aliphatic carboxylic acids is 2. The molecular formula is C12H14N4O4-2. The zero-order valence-electron chi connectivity index (χ0n) is 11.3. The molecule has 0 aromatic heterocycles. The molecule has 0 heterocycles. The maximum Gasteiger partial charge on any atom is 0.165 e. The van der Waals surface area contributed by atoms with Gasteiger partial charge in [0.2, 0.25) is 0 Å². The van der Waals surface area contributed by atoms with Crippen molar-refractivity contribution in [1.82, 2.24) is 0 Å². The molecule has 0 aliphatic rings. The Kier molecular flexibility index (Phi) is 6.30. The highest BCUT2D eigenvalue weighted by molar-refractivity contribution is 5.64. The average Bonchev–Trinajstić information content (AvgIpc) is 2.41. The molecule has 0 amide bonds. The van der Waals surface area contributed by atoms with Crippen LogP contribution in [0.2, 0.25) is 0 Å². The minimum atomic E-state index is -1.40. The largest absolute Gasteiger partial charge is 0.550 e. The molecule has 0 aliphatic heterocycles. The summed E-state index contributed by atoms with van der Waals surface area (Å²) in [6.45, 7) is 2.74. The summed E-state index contributed by atoms with van der Waals surface area (Å²) in [5.41, 5.74) is -2.81. The molecule has 0 rings (SSSR count). The van der Waals surface area contributed by atoms with E-state index >= 15 is 0 Å². The minimum absolute atomic E-state index is 0.114. The predicted octanol–water partition coefficient (Wildman–Crippen LogP) is -0.937. The smallest absolute Gasteiger partial charge is 0.165 e. The number of carbonyl (C=O) groups excluding carboxylic acids is 2. The maximum atomic E-state index is 10.4. The maximum absolute atomic E-state index is 10.4. The van der Waals surface area contributed by atoms with Gasteiger partial charge in [-0.1, -0.05) is 0 Å². The number of carboxylic acid groups (broad SMARTS) is 2. The zero-order chi connectivity index (χ0) is 15.8. The predicted molar refractivity (Wildman–Crippen MR) is 61.4 cm³/mol.